The Bertz CT molecular complexity index is 577. The van der Waals surface area contributed by atoms with Gasteiger partial charge in [0.2, 0.25) is 10.0 Å². The number of aliphatic hydroxyl groups is 1. The summed E-state index contributed by atoms with van der Waals surface area (Å²) < 4.78 is 40.4. The normalized spacial score (nSPS) is 23.1. The molecule has 1 aromatic carbocycles. The Morgan fingerprint density at radius 1 is 1.45 bits per heavy atom. The van der Waals surface area contributed by atoms with Gasteiger partial charge in [-0.25, -0.2) is 17.5 Å². The number of nitrogens with one attached hydrogen (secondary N) is 1. The molecule has 4 nitrogen and oxygen atoms in total. The molecule has 1 aliphatic rings. The first-order valence-corrected chi connectivity index (χ1v) is 9.18. The molecule has 0 aromatic heterocycles. The summed E-state index contributed by atoms with van der Waals surface area (Å²) in [6.07, 6.45) is 4.65. The minimum Gasteiger partial charge on any atom is -0.392 e. The minimum atomic E-state index is -3.66. The lowest BCUT2D eigenvalue weighted by Crippen LogP contribution is -2.33. The third-order valence-corrected chi connectivity index (χ3v) is 6.15. The zero-order valence-corrected chi connectivity index (χ0v) is 12.8. The molecule has 0 heterocycles. The van der Waals surface area contributed by atoms with Crippen molar-refractivity contribution >= 4 is 21.8 Å². The average molecular weight is 319 g/mol. The summed E-state index contributed by atoms with van der Waals surface area (Å²) in [7, 11) is -3.66. The summed E-state index contributed by atoms with van der Waals surface area (Å²) >= 11 is 1.75. The molecule has 1 saturated carbocycles. The smallest absolute Gasteiger partial charge is 0.240 e. The van der Waals surface area contributed by atoms with Crippen LogP contribution in [0.3, 0.4) is 0 Å². The second kappa shape index (κ2) is 6.43. The summed E-state index contributed by atoms with van der Waals surface area (Å²) in [6.45, 7) is -0.521. The van der Waals surface area contributed by atoms with Gasteiger partial charge in [-0.15, -0.1) is 0 Å². The van der Waals surface area contributed by atoms with Gasteiger partial charge in [0, 0.05) is 16.9 Å². The molecule has 0 aliphatic heterocycles. The molecule has 7 heteroatoms. The van der Waals surface area contributed by atoms with Crippen molar-refractivity contribution in [3.8, 4) is 0 Å². The Morgan fingerprint density at radius 3 is 2.80 bits per heavy atom. The molecule has 2 rings (SSSR count). The quantitative estimate of drug-likeness (QED) is 0.870. The third-order valence-electron chi connectivity index (χ3n) is 3.54. The van der Waals surface area contributed by atoms with Gasteiger partial charge in [-0.3, -0.25) is 0 Å². The maximum absolute atomic E-state index is 13.3. The first kappa shape index (κ1) is 15.8. The Morgan fingerprint density at radius 2 is 2.20 bits per heavy atom. The molecule has 0 bridgehead atoms. The van der Waals surface area contributed by atoms with Crippen molar-refractivity contribution in [1.29, 1.82) is 0 Å². The van der Waals surface area contributed by atoms with E-state index in [-0.39, 0.29) is 16.5 Å². The summed E-state index contributed by atoms with van der Waals surface area (Å²) in [5.74, 6) is -0.602. The van der Waals surface area contributed by atoms with Crippen LogP contribution in [0.5, 0.6) is 0 Å². The van der Waals surface area contributed by atoms with E-state index in [4.69, 9.17) is 5.11 Å². The van der Waals surface area contributed by atoms with E-state index in [0.29, 0.717) is 5.25 Å². The van der Waals surface area contributed by atoms with Crippen molar-refractivity contribution in [2.45, 2.75) is 42.1 Å². The number of aliphatic hydroxyl groups excluding tert-OH is 1. The van der Waals surface area contributed by atoms with Gasteiger partial charge in [-0.1, -0.05) is 0 Å². The van der Waals surface area contributed by atoms with Crippen molar-refractivity contribution in [3.63, 3.8) is 0 Å². The van der Waals surface area contributed by atoms with Crippen LogP contribution in [0.1, 0.15) is 24.8 Å². The predicted octanol–water partition coefficient (Wildman–Crippen LogP) is 1.88. The largest absolute Gasteiger partial charge is 0.392 e. The number of sulfonamides is 1. The number of halogens is 1. The van der Waals surface area contributed by atoms with Gasteiger partial charge in [-0.2, -0.15) is 11.8 Å². The van der Waals surface area contributed by atoms with Gasteiger partial charge in [0.25, 0.3) is 0 Å². The first-order valence-electron chi connectivity index (χ1n) is 6.40. The topological polar surface area (TPSA) is 66.4 Å². The lowest BCUT2D eigenvalue weighted by Gasteiger charge is -2.14. The second-order valence-electron chi connectivity index (χ2n) is 4.90. The Kier molecular flexibility index (Phi) is 5.06. The van der Waals surface area contributed by atoms with Crippen LogP contribution in [0.4, 0.5) is 4.39 Å². The van der Waals surface area contributed by atoms with E-state index >= 15 is 0 Å². The Labute approximate surface area is 122 Å². The fraction of sp³-hybridized carbons (Fsp3) is 0.538. The summed E-state index contributed by atoms with van der Waals surface area (Å²) in [5.41, 5.74) is -0.0127. The van der Waals surface area contributed by atoms with E-state index in [1.165, 1.54) is 12.1 Å². The van der Waals surface area contributed by atoms with Crippen LogP contribution >= 0.6 is 11.8 Å². The molecule has 2 unspecified atom stereocenters. The van der Waals surface area contributed by atoms with Gasteiger partial charge in [-0.05, 0) is 43.7 Å². The van der Waals surface area contributed by atoms with Crippen molar-refractivity contribution in [1.82, 2.24) is 4.72 Å². The molecule has 112 valence electrons. The van der Waals surface area contributed by atoms with Gasteiger partial charge < -0.3 is 5.11 Å². The molecular weight excluding hydrogens is 301 g/mol. The molecule has 0 saturated heterocycles. The lowest BCUT2D eigenvalue weighted by molar-refractivity contribution is 0.275. The van der Waals surface area contributed by atoms with E-state index in [2.05, 4.69) is 4.72 Å². The molecule has 1 fully saturated rings. The minimum absolute atomic E-state index is 0.00412. The number of rotatable bonds is 5. The van der Waals surface area contributed by atoms with Gasteiger partial charge >= 0.3 is 0 Å². The van der Waals surface area contributed by atoms with Gasteiger partial charge in [0.1, 0.15) is 5.82 Å². The summed E-state index contributed by atoms with van der Waals surface area (Å²) in [4.78, 5) is -0.00412. The fourth-order valence-electron chi connectivity index (χ4n) is 2.39. The predicted molar refractivity (Wildman–Crippen MR) is 77.6 cm³/mol. The van der Waals surface area contributed by atoms with Gasteiger partial charge in [0.05, 0.1) is 11.5 Å². The Hall–Kier alpha value is -0.630. The summed E-state index contributed by atoms with van der Waals surface area (Å²) in [5, 5.41) is 9.49. The van der Waals surface area contributed by atoms with E-state index in [0.717, 1.165) is 25.3 Å². The van der Waals surface area contributed by atoms with E-state index in [9.17, 15) is 12.8 Å². The molecule has 0 amide bonds. The van der Waals surface area contributed by atoms with E-state index in [1.807, 2.05) is 6.26 Å². The number of benzene rings is 1. The van der Waals surface area contributed by atoms with Crippen molar-refractivity contribution in [2.24, 2.45) is 0 Å². The highest BCUT2D eigenvalue weighted by Gasteiger charge is 2.28. The molecule has 1 aromatic rings. The highest BCUT2D eigenvalue weighted by atomic mass is 32.2. The van der Waals surface area contributed by atoms with Crippen LogP contribution in [0.25, 0.3) is 0 Å². The van der Waals surface area contributed by atoms with E-state index in [1.54, 1.807) is 11.8 Å². The van der Waals surface area contributed by atoms with Crippen molar-refractivity contribution in [2.75, 3.05) is 6.26 Å². The fourth-order valence-corrected chi connectivity index (χ4v) is 4.52. The van der Waals surface area contributed by atoms with Crippen LogP contribution in [-0.4, -0.2) is 31.1 Å². The van der Waals surface area contributed by atoms with Crippen LogP contribution in [0, 0.1) is 5.82 Å². The third kappa shape index (κ3) is 3.52. The van der Waals surface area contributed by atoms with Crippen LogP contribution in [0.15, 0.2) is 23.1 Å². The van der Waals surface area contributed by atoms with Crippen molar-refractivity contribution < 1.29 is 17.9 Å². The number of thioether (sulfide) groups is 1. The highest BCUT2D eigenvalue weighted by Crippen LogP contribution is 2.29. The number of hydrogen-bond acceptors (Lipinski definition) is 4. The van der Waals surface area contributed by atoms with Crippen LogP contribution in [-0.2, 0) is 16.6 Å². The maximum atomic E-state index is 13.3. The standard InChI is InChI=1S/C13H18FNO3S2/c1-19-11-3-2-10(7-11)15-20(17,18)12-4-5-13(14)9(6-12)8-16/h4-6,10-11,15-16H,2-3,7-8H2,1H3. The zero-order valence-electron chi connectivity index (χ0n) is 11.2. The van der Waals surface area contributed by atoms with E-state index < -0.39 is 22.4 Å². The molecule has 20 heavy (non-hydrogen) atoms. The van der Waals surface area contributed by atoms with Crippen LogP contribution in [0.2, 0.25) is 0 Å². The maximum Gasteiger partial charge on any atom is 0.240 e. The molecule has 0 radical (unpaired) electrons. The average Bonchev–Trinajstić information content (AvgIpc) is 2.86. The highest BCUT2D eigenvalue weighted by molar-refractivity contribution is 7.99. The lowest BCUT2D eigenvalue weighted by atomic mass is 10.2. The molecular formula is C13H18FNO3S2. The molecule has 2 atom stereocenters. The molecule has 2 N–H and O–H groups in total. The molecule has 0 spiro atoms. The number of hydrogen-bond donors (Lipinski definition) is 2. The Balaban J connectivity index is 2.14. The van der Waals surface area contributed by atoms with Gasteiger partial charge in [0.15, 0.2) is 0 Å². The SMILES string of the molecule is CSC1CCC(NS(=O)(=O)c2ccc(F)c(CO)c2)C1. The molecule has 1 aliphatic carbocycles. The van der Waals surface area contributed by atoms with Crippen molar-refractivity contribution in [3.05, 3.63) is 29.6 Å². The zero-order chi connectivity index (χ0) is 14.8. The second-order valence-corrected chi connectivity index (χ2v) is 7.75. The first-order chi connectivity index (χ1) is 9.46. The monoisotopic (exact) mass is 319 g/mol. The summed E-state index contributed by atoms with van der Waals surface area (Å²) in [6, 6.07) is 3.40. The van der Waals surface area contributed by atoms with Crippen LogP contribution < -0.4 is 4.72 Å².